The van der Waals surface area contributed by atoms with Gasteiger partial charge < -0.3 is 5.73 Å². The van der Waals surface area contributed by atoms with Crippen molar-refractivity contribution in [2.24, 2.45) is 10.7 Å². The number of benzene rings is 2. The molecule has 0 spiro atoms. The van der Waals surface area contributed by atoms with Crippen LogP contribution in [0.3, 0.4) is 0 Å². The first kappa shape index (κ1) is 33.4. The number of nitrogens with zero attached hydrogens (tertiary/aromatic N) is 1. The average molecular weight is 571 g/mol. The first-order valence-electron chi connectivity index (χ1n) is 12.5. The summed E-state index contributed by atoms with van der Waals surface area (Å²) in [4.78, 5) is 13.2. The number of nitrogens with one attached hydrogen (secondary N) is 1. The molecule has 1 amide bonds. The van der Waals surface area contributed by atoms with Crippen LogP contribution in [0.4, 0.5) is 13.2 Å². The van der Waals surface area contributed by atoms with E-state index in [1.54, 1.807) is 12.2 Å². The molecule has 1 fully saturated rings. The number of rotatable bonds is 9. The van der Waals surface area contributed by atoms with Gasteiger partial charge in [0.05, 0.1) is 22.7 Å². The number of carbonyl (C=O) groups is 1. The van der Waals surface area contributed by atoms with Gasteiger partial charge >= 0.3 is 6.18 Å². The number of hydrogen-bond acceptors (Lipinski definition) is 3. The van der Waals surface area contributed by atoms with Crippen molar-refractivity contribution in [2.75, 3.05) is 5.88 Å². The number of nitrogens with two attached hydrogens (primary N) is 1. The Labute approximate surface area is 233 Å². The summed E-state index contributed by atoms with van der Waals surface area (Å²) in [5.41, 5.74) is 4.06. The number of amides is 1. The lowest BCUT2D eigenvalue weighted by Gasteiger charge is -2.40. The maximum atomic E-state index is 13.7. The molecule has 0 radical (unpaired) electrons. The van der Waals surface area contributed by atoms with Crippen molar-refractivity contribution >= 4 is 35.8 Å². The Kier molecular flexibility index (Phi) is 15.0. The highest BCUT2D eigenvalue weighted by Crippen LogP contribution is 2.42. The molecular weight excluding hydrogens is 534 g/mol. The summed E-state index contributed by atoms with van der Waals surface area (Å²) in [6, 6.07) is 13.2. The van der Waals surface area contributed by atoms with E-state index in [9.17, 15) is 13.2 Å². The molecule has 1 aliphatic rings. The summed E-state index contributed by atoms with van der Waals surface area (Å²) in [6.07, 6.45) is 4.89. The molecule has 0 aromatic heterocycles. The maximum absolute atomic E-state index is 13.7. The van der Waals surface area contributed by atoms with Gasteiger partial charge in [-0.05, 0) is 48.2 Å². The molecule has 2 aromatic rings. The minimum atomic E-state index is -4.51. The van der Waals surface area contributed by atoms with E-state index in [-0.39, 0.29) is 23.4 Å². The highest BCUT2D eigenvalue weighted by molar-refractivity contribution is 6.31. The van der Waals surface area contributed by atoms with E-state index in [1.807, 2.05) is 44.2 Å². The highest BCUT2D eigenvalue weighted by atomic mass is 35.5. The minimum Gasteiger partial charge on any atom is -0.372 e. The lowest BCUT2D eigenvalue weighted by atomic mass is 9.79. The molecule has 0 heterocycles. The Morgan fingerprint density at radius 3 is 2.29 bits per heavy atom. The van der Waals surface area contributed by atoms with E-state index >= 15 is 0 Å². The number of hydrogen-bond donors (Lipinski definition) is 2. The molecule has 0 bridgehead atoms. The molecule has 0 aliphatic heterocycles. The van der Waals surface area contributed by atoms with Crippen LogP contribution in [0.2, 0.25) is 5.02 Å². The van der Waals surface area contributed by atoms with E-state index in [0.717, 1.165) is 43.4 Å². The van der Waals surface area contributed by atoms with Gasteiger partial charge in [-0.15, -0.1) is 11.6 Å². The Bertz CT molecular complexity index is 1050. The summed E-state index contributed by atoms with van der Waals surface area (Å²) in [6.45, 7) is 7.81. The molecule has 9 heteroatoms. The molecule has 38 heavy (non-hydrogen) atoms. The van der Waals surface area contributed by atoms with Gasteiger partial charge in [0.1, 0.15) is 0 Å². The van der Waals surface area contributed by atoms with Gasteiger partial charge in [-0.2, -0.15) is 13.2 Å². The first-order chi connectivity index (χ1) is 18.2. The molecule has 1 aliphatic carbocycles. The third-order valence-corrected chi connectivity index (χ3v) is 6.35. The van der Waals surface area contributed by atoms with Crippen LogP contribution in [-0.2, 0) is 22.9 Å². The minimum absolute atomic E-state index is 0.110. The largest absolute Gasteiger partial charge is 0.416 e. The van der Waals surface area contributed by atoms with Crippen LogP contribution >= 0.6 is 23.2 Å². The number of primary amides is 1. The zero-order valence-electron chi connectivity index (χ0n) is 21.8. The van der Waals surface area contributed by atoms with E-state index in [4.69, 9.17) is 28.0 Å². The average Bonchev–Trinajstić information content (AvgIpc) is 3.41. The van der Waals surface area contributed by atoms with Crippen LogP contribution in [-0.4, -0.2) is 24.5 Å². The lowest BCUT2D eigenvalue weighted by molar-refractivity contribution is -0.137. The quantitative estimate of drug-likeness (QED) is 0.140. The standard InChI is InChI=1S/C26H27Cl2F3N2.C2H6.CH3NO/c1-2-8-24(32-16-15-27)25(33-21-11-6-7-12-21,18-19-9-4-3-5-10-19)22-17-20(26(29,30)31)13-14-23(22)28;1-2;2-1-3/h2-5,8-10,13-14,16-17,21,33H,1,6-7,11-12,15,18H2;1-2H3;1H,(H2,2,3)/b24-8-,32-16?;;. The third kappa shape index (κ3) is 9.61. The van der Waals surface area contributed by atoms with Crippen LogP contribution in [0.25, 0.3) is 0 Å². The molecular formula is C29H36Cl2F3N3O. The van der Waals surface area contributed by atoms with Crippen LogP contribution in [0, 0.1) is 0 Å². The highest BCUT2D eigenvalue weighted by Gasteiger charge is 2.42. The topological polar surface area (TPSA) is 67.5 Å². The fourth-order valence-electron chi connectivity index (χ4n) is 4.42. The van der Waals surface area contributed by atoms with Crippen LogP contribution in [0.1, 0.15) is 56.2 Å². The monoisotopic (exact) mass is 569 g/mol. The first-order valence-corrected chi connectivity index (χ1v) is 13.4. The van der Waals surface area contributed by atoms with Crippen molar-refractivity contribution in [3.05, 3.63) is 94.7 Å². The Morgan fingerprint density at radius 2 is 1.76 bits per heavy atom. The van der Waals surface area contributed by atoms with Gasteiger partial charge in [0.2, 0.25) is 6.41 Å². The van der Waals surface area contributed by atoms with Crippen molar-refractivity contribution in [3.8, 4) is 0 Å². The molecule has 3 rings (SSSR count). The maximum Gasteiger partial charge on any atom is 0.416 e. The number of aliphatic imine (C=N–C) groups is 1. The zero-order valence-corrected chi connectivity index (χ0v) is 23.3. The van der Waals surface area contributed by atoms with Crippen LogP contribution < -0.4 is 11.1 Å². The molecule has 1 saturated carbocycles. The van der Waals surface area contributed by atoms with Crippen molar-refractivity contribution in [3.63, 3.8) is 0 Å². The van der Waals surface area contributed by atoms with E-state index in [0.29, 0.717) is 17.7 Å². The van der Waals surface area contributed by atoms with Gasteiger partial charge in [0, 0.05) is 23.7 Å². The number of carbonyl (C=O) groups excluding carboxylic acids is 1. The summed E-state index contributed by atoms with van der Waals surface area (Å²) >= 11 is 12.5. The fourth-order valence-corrected chi connectivity index (χ4v) is 4.76. The third-order valence-electron chi connectivity index (χ3n) is 5.88. The molecule has 3 N–H and O–H groups in total. The SMILES string of the molecule is C=C/C=C(\N=CCCl)C(Cc1ccccc1)(NC1CCCC1)c1cc(C(F)(F)F)ccc1Cl.CC.NC=O. The summed E-state index contributed by atoms with van der Waals surface area (Å²) in [5.74, 6) is 0.162. The molecule has 0 saturated heterocycles. The zero-order chi connectivity index (χ0) is 28.6. The Morgan fingerprint density at radius 1 is 1.16 bits per heavy atom. The Hall–Kier alpha value is -2.61. The van der Waals surface area contributed by atoms with Gasteiger partial charge in [0.25, 0.3) is 0 Å². The predicted molar refractivity (Wildman–Crippen MR) is 153 cm³/mol. The van der Waals surface area contributed by atoms with E-state index < -0.39 is 17.3 Å². The molecule has 2 aromatic carbocycles. The van der Waals surface area contributed by atoms with E-state index in [2.05, 4.69) is 22.6 Å². The van der Waals surface area contributed by atoms with Gasteiger partial charge in [-0.25, -0.2) is 0 Å². The molecule has 1 unspecified atom stereocenters. The summed E-state index contributed by atoms with van der Waals surface area (Å²) < 4.78 is 41.2. The van der Waals surface area contributed by atoms with Gasteiger partial charge in [0.15, 0.2) is 0 Å². The Balaban J connectivity index is 0.00000135. The van der Waals surface area contributed by atoms with Gasteiger partial charge in [-0.3, -0.25) is 15.1 Å². The summed E-state index contributed by atoms with van der Waals surface area (Å²) in [5, 5.41) is 3.92. The van der Waals surface area contributed by atoms with Crippen molar-refractivity contribution in [2.45, 2.75) is 63.7 Å². The van der Waals surface area contributed by atoms with Crippen molar-refractivity contribution < 1.29 is 18.0 Å². The molecule has 1 atom stereocenters. The van der Waals surface area contributed by atoms with Crippen molar-refractivity contribution in [1.82, 2.24) is 5.32 Å². The number of allylic oxidation sites excluding steroid dienone is 2. The number of halogens is 5. The fraction of sp³-hybridized carbons (Fsp3) is 0.379. The molecule has 4 nitrogen and oxygen atoms in total. The smallest absolute Gasteiger partial charge is 0.372 e. The number of alkyl halides is 4. The van der Waals surface area contributed by atoms with Crippen LogP contribution in [0.15, 0.2) is 78.0 Å². The second-order valence-electron chi connectivity index (χ2n) is 8.28. The molecule has 208 valence electrons. The summed E-state index contributed by atoms with van der Waals surface area (Å²) in [7, 11) is 0. The predicted octanol–water partition coefficient (Wildman–Crippen LogP) is 7.84. The van der Waals surface area contributed by atoms with E-state index in [1.165, 1.54) is 12.3 Å². The van der Waals surface area contributed by atoms with Gasteiger partial charge in [-0.1, -0.05) is 81.3 Å². The second kappa shape index (κ2) is 17.1. The van der Waals surface area contributed by atoms with Crippen LogP contribution in [0.5, 0.6) is 0 Å². The second-order valence-corrected chi connectivity index (χ2v) is 8.99. The normalized spacial score (nSPS) is 15.6. The van der Waals surface area contributed by atoms with Crippen molar-refractivity contribution in [1.29, 1.82) is 0 Å². The lowest BCUT2D eigenvalue weighted by Crippen LogP contribution is -2.50.